The number of aliphatic hydroxyl groups is 1. The van der Waals surface area contributed by atoms with E-state index < -0.39 is 24.5 Å². The highest BCUT2D eigenvalue weighted by molar-refractivity contribution is 5.95. The van der Waals surface area contributed by atoms with Gasteiger partial charge in [0.2, 0.25) is 11.8 Å². The number of aliphatic hydroxyl groups excluding tert-OH is 1. The lowest BCUT2D eigenvalue weighted by Gasteiger charge is -2.10. The molecule has 0 fully saturated rings. The van der Waals surface area contributed by atoms with Gasteiger partial charge in [0.1, 0.15) is 6.04 Å². The topological polar surface area (TPSA) is 133 Å². The molecule has 0 unspecified atom stereocenters. The highest BCUT2D eigenvalue weighted by Crippen LogP contribution is 2.25. The summed E-state index contributed by atoms with van der Waals surface area (Å²) in [7, 11) is 0. The molecule has 6 N–H and O–H groups in total. The van der Waals surface area contributed by atoms with Crippen molar-refractivity contribution >= 4 is 17.9 Å². The van der Waals surface area contributed by atoms with Gasteiger partial charge in [-0.25, -0.2) is 0 Å². The number of rotatable bonds is 5. The van der Waals surface area contributed by atoms with Gasteiger partial charge < -0.3 is 26.4 Å². The zero-order valence-corrected chi connectivity index (χ0v) is 9.91. The second-order valence-electron chi connectivity index (χ2n) is 3.73. The average Bonchev–Trinajstić information content (AvgIpc) is 2.37. The number of primary amides is 1. The Balaban J connectivity index is 2.68. The van der Waals surface area contributed by atoms with Crippen molar-refractivity contribution in [3.63, 3.8) is 0 Å². The van der Waals surface area contributed by atoms with Crippen LogP contribution in [0.1, 0.15) is 5.56 Å². The van der Waals surface area contributed by atoms with Gasteiger partial charge in [-0.3, -0.25) is 9.59 Å². The van der Waals surface area contributed by atoms with E-state index >= 15 is 0 Å². The number of carbonyl (C=O) groups is 2. The van der Waals surface area contributed by atoms with E-state index in [4.69, 9.17) is 15.9 Å². The Bertz CT molecular complexity index is 513. The molecule has 0 aliphatic heterocycles. The van der Waals surface area contributed by atoms with Crippen LogP contribution < -0.4 is 11.1 Å². The SMILES string of the molecule is NC(=O)[C@H](CO)NC(=O)/C=C/c1ccc(O)c(O)c1. The van der Waals surface area contributed by atoms with E-state index in [1.54, 1.807) is 0 Å². The lowest BCUT2D eigenvalue weighted by Crippen LogP contribution is -2.46. The molecule has 0 aromatic heterocycles. The molecule has 2 amide bonds. The van der Waals surface area contributed by atoms with Crippen LogP contribution in [0.4, 0.5) is 0 Å². The van der Waals surface area contributed by atoms with Crippen LogP contribution in [0.3, 0.4) is 0 Å². The van der Waals surface area contributed by atoms with E-state index in [1.807, 2.05) is 0 Å². The summed E-state index contributed by atoms with van der Waals surface area (Å²) in [5, 5.41) is 29.3. The van der Waals surface area contributed by atoms with E-state index in [0.717, 1.165) is 6.08 Å². The maximum Gasteiger partial charge on any atom is 0.244 e. The van der Waals surface area contributed by atoms with Crippen molar-refractivity contribution < 1.29 is 24.9 Å². The molecule has 0 spiro atoms. The van der Waals surface area contributed by atoms with Crippen LogP contribution in [0, 0.1) is 0 Å². The summed E-state index contributed by atoms with van der Waals surface area (Å²) in [5.74, 6) is -2.04. The molecule has 7 nitrogen and oxygen atoms in total. The molecule has 1 atom stereocenters. The maximum atomic E-state index is 11.4. The molecule has 7 heteroatoms. The highest BCUT2D eigenvalue weighted by Gasteiger charge is 2.14. The van der Waals surface area contributed by atoms with Crippen LogP contribution in [0.25, 0.3) is 6.08 Å². The molecule has 0 saturated heterocycles. The Morgan fingerprint density at radius 1 is 1.32 bits per heavy atom. The zero-order chi connectivity index (χ0) is 14.4. The van der Waals surface area contributed by atoms with E-state index in [-0.39, 0.29) is 11.5 Å². The number of hydrogen-bond donors (Lipinski definition) is 5. The number of nitrogens with two attached hydrogens (primary N) is 1. The summed E-state index contributed by atoms with van der Waals surface area (Å²) >= 11 is 0. The van der Waals surface area contributed by atoms with Gasteiger partial charge in [-0.05, 0) is 23.8 Å². The first kappa shape index (κ1) is 14.5. The number of hydrogen-bond acceptors (Lipinski definition) is 5. The minimum absolute atomic E-state index is 0.268. The van der Waals surface area contributed by atoms with Crippen LogP contribution in [0.15, 0.2) is 24.3 Å². The number of phenols is 2. The van der Waals surface area contributed by atoms with Gasteiger partial charge in [-0.15, -0.1) is 0 Å². The molecular weight excluding hydrogens is 252 g/mol. The Kier molecular flexibility index (Phi) is 4.90. The van der Waals surface area contributed by atoms with Crippen molar-refractivity contribution in [2.45, 2.75) is 6.04 Å². The Hall–Kier alpha value is -2.54. The second-order valence-corrected chi connectivity index (χ2v) is 3.73. The molecule has 1 aromatic carbocycles. The Morgan fingerprint density at radius 3 is 2.53 bits per heavy atom. The molecule has 0 aliphatic rings. The second kappa shape index (κ2) is 6.41. The van der Waals surface area contributed by atoms with Gasteiger partial charge in [0.15, 0.2) is 11.5 Å². The monoisotopic (exact) mass is 266 g/mol. The third-order valence-corrected chi connectivity index (χ3v) is 2.27. The number of benzene rings is 1. The standard InChI is InChI=1S/C12H14N2O5/c13-12(19)8(6-15)14-11(18)4-2-7-1-3-9(16)10(17)5-7/h1-5,8,15-17H,6H2,(H2,13,19)(H,14,18)/b4-2+/t8-/m0/s1. The third kappa shape index (κ3) is 4.32. The Labute approximate surface area is 109 Å². The van der Waals surface area contributed by atoms with E-state index in [2.05, 4.69) is 5.32 Å². The molecule has 0 heterocycles. The highest BCUT2D eigenvalue weighted by atomic mass is 16.3. The minimum atomic E-state index is -1.15. The first-order chi connectivity index (χ1) is 8.93. The molecule has 1 rings (SSSR count). The number of nitrogens with one attached hydrogen (secondary N) is 1. The van der Waals surface area contributed by atoms with E-state index in [1.165, 1.54) is 24.3 Å². The maximum absolute atomic E-state index is 11.4. The fraction of sp³-hybridized carbons (Fsp3) is 0.167. The van der Waals surface area contributed by atoms with Gasteiger partial charge >= 0.3 is 0 Å². The fourth-order valence-electron chi connectivity index (χ4n) is 1.24. The van der Waals surface area contributed by atoms with Crippen LogP contribution in [-0.2, 0) is 9.59 Å². The van der Waals surface area contributed by atoms with Gasteiger partial charge in [0, 0.05) is 6.08 Å². The smallest absolute Gasteiger partial charge is 0.244 e. The fourth-order valence-corrected chi connectivity index (χ4v) is 1.24. The molecule has 19 heavy (non-hydrogen) atoms. The Morgan fingerprint density at radius 2 is 2.00 bits per heavy atom. The van der Waals surface area contributed by atoms with Crippen LogP contribution in [0.5, 0.6) is 11.5 Å². The molecule has 1 aromatic rings. The van der Waals surface area contributed by atoms with Crippen LogP contribution >= 0.6 is 0 Å². The van der Waals surface area contributed by atoms with Crippen molar-refractivity contribution in [1.82, 2.24) is 5.32 Å². The average molecular weight is 266 g/mol. The predicted molar refractivity (Wildman–Crippen MR) is 67.0 cm³/mol. The van der Waals surface area contributed by atoms with Crippen molar-refractivity contribution in [3.05, 3.63) is 29.8 Å². The number of carbonyl (C=O) groups excluding carboxylic acids is 2. The zero-order valence-electron chi connectivity index (χ0n) is 9.91. The summed E-state index contributed by atoms with van der Waals surface area (Å²) in [6, 6.07) is 2.87. The third-order valence-electron chi connectivity index (χ3n) is 2.27. The molecule has 0 bridgehead atoms. The quantitative estimate of drug-likeness (QED) is 0.347. The molecule has 0 aliphatic carbocycles. The summed E-state index contributed by atoms with van der Waals surface area (Å²) in [5.41, 5.74) is 5.42. The first-order valence-corrected chi connectivity index (χ1v) is 5.34. The van der Waals surface area contributed by atoms with Crippen molar-refractivity contribution in [3.8, 4) is 11.5 Å². The van der Waals surface area contributed by atoms with Crippen LogP contribution in [-0.4, -0.2) is 39.8 Å². The van der Waals surface area contributed by atoms with Crippen molar-refractivity contribution in [1.29, 1.82) is 0 Å². The molecule has 0 saturated carbocycles. The summed E-state index contributed by atoms with van der Waals surface area (Å²) in [4.78, 5) is 22.2. The number of amides is 2. The lowest BCUT2D eigenvalue weighted by molar-refractivity contribution is -0.125. The van der Waals surface area contributed by atoms with Crippen molar-refractivity contribution in [2.75, 3.05) is 6.61 Å². The molecule has 0 radical (unpaired) electrons. The van der Waals surface area contributed by atoms with Crippen LogP contribution in [0.2, 0.25) is 0 Å². The summed E-state index contributed by atoms with van der Waals surface area (Å²) in [6.07, 6.45) is 2.47. The lowest BCUT2D eigenvalue weighted by atomic mass is 10.2. The van der Waals surface area contributed by atoms with E-state index in [0.29, 0.717) is 5.56 Å². The molecular formula is C12H14N2O5. The van der Waals surface area contributed by atoms with Gasteiger partial charge in [-0.2, -0.15) is 0 Å². The first-order valence-electron chi connectivity index (χ1n) is 5.34. The minimum Gasteiger partial charge on any atom is -0.504 e. The number of aromatic hydroxyl groups is 2. The van der Waals surface area contributed by atoms with Gasteiger partial charge in [0.05, 0.1) is 6.61 Å². The predicted octanol–water partition coefficient (Wildman–Crippen LogP) is -0.927. The van der Waals surface area contributed by atoms with Gasteiger partial charge in [0.25, 0.3) is 0 Å². The number of phenolic OH excluding ortho intramolecular Hbond substituents is 2. The summed E-state index contributed by atoms with van der Waals surface area (Å²) < 4.78 is 0. The molecule has 102 valence electrons. The normalized spacial score (nSPS) is 12.3. The van der Waals surface area contributed by atoms with Crippen molar-refractivity contribution in [2.24, 2.45) is 5.73 Å². The summed E-state index contributed by atoms with van der Waals surface area (Å²) in [6.45, 7) is -0.588. The van der Waals surface area contributed by atoms with E-state index in [9.17, 15) is 14.7 Å². The van der Waals surface area contributed by atoms with Gasteiger partial charge in [-0.1, -0.05) is 6.07 Å². The largest absolute Gasteiger partial charge is 0.504 e.